The van der Waals surface area contributed by atoms with Gasteiger partial charge in [-0.15, -0.1) is 0 Å². The number of nitrogens with one attached hydrogen (secondary N) is 5. The van der Waals surface area contributed by atoms with Crippen molar-refractivity contribution < 1.29 is 48.1 Å². The van der Waals surface area contributed by atoms with E-state index in [1.54, 1.807) is 34.6 Å². The summed E-state index contributed by atoms with van der Waals surface area (Å²) in [5, 5.41) is 23.4. The Balaban J connectivity index is 1.32. The average molecular weight is 786 g/mol. The Hall–Kier alpha value is -4.40. The number of hydrogen-bond acceptors (Lipinski definition) is 10. The lowest BCUT2D eigenvalue weighted by Crippen LogP contribution is -2.61. The summed E-state index contributed by atoms with van der Waals surface area (Å²) in [4.78, 5) is 78.3. The van der Waals surface area contributed by atoms with Crippen molar-refractivity contribution in [3.63, 3.8) is 0 Å². The van der Waals surface area contributed by atoms with Gasteiger partial charge in [0.25, 0.3) is 0 Å². The summed E-state index contributed by atoms with van der Waals surface area (Å²) in [5.74, 6) is -0.941. The van der Waals surface area contributed by atoms with E-state index in [4.69, 9.17) is 14.2 Å². The van der Waals surface area contributed by atoms with Crippen LogP contribution in [0.1, 0.15) is 105 Å². The fraction of sp³-hybridized carbons (Fsp3) is 0.707. The van der Waals surface area contributed by atoms with Crippen LogP contribution in [0.4, 0.5) is 9.59 Å². The van der Waals surface area contributed by atoms with Gasteiger partial charge < -0.3 is 45.9 Å². The van der Waals surface area contributed by atoms with E-state index < -0.39 is 77.7 Å². The topological polar surface area (TPSA) is 210 Å². The maximum Gasteiger partial charge on any atom is 0.408 e. The third kappa shape index (κ3) is 13.4. The van der Waals surface area contributed by atoms with Crippen LogP contribution in [0.2, 0.25) is 0 Å². The lowest BCUT2D eigenvalue weighted by molar-refractivity contribution is -0.149. The standard InChI is InChI=1S/C41H63N5O10/c1-23(2)32(45-37(50)33(25(4)47)46-35(48)24(3)43-40(53)56-41(5,6)7)36(49)44-31(38(51)54-22-26-13-9-8-10-14-26)15-11-12-16-42-39(52)55-34-29-18-27-17-28(20-29)21-30(34)19-27/h8-10,13-14,23-25,27-34,47H,11-12,15-22H2,1-7H3,(H,42,52)(H,43,53)(H,44,49)(H,45,50)(H,46,48)/t24-,25+,27?,28?,29?,30?,31-,32-,33-,34?/m0/s1. The summed E-state index contributed by atoms with van der Waals surface area (Å²) in [5.41, 5.74) is -0.0332. The molecule has 4 aliphatic carbocycles. The molecule has 0 heterocycles. The lowest BCUT2D eigenvalue weighted by atomic mass is 9.55. The molecule has 4 bridgehead atoms. The Morgan fingerprint density at radius 2 is 1.34 bits per heavy atom. The second-order valence-corrected chi connectivity index (χ2v) is 17.2. The summed E-state index contributed by atoms with van der Waals surface area (Å²) in [6, 6.07) is 4.27. The highest BCUT2D eigenvalue weighted by molar-refractivity contribution is 5.95. The molecule has 5 amide bonds. The zero-order valence-electron chi connectivity index (χ0n) is 33.9. The number of aliphatic hydroxyl groups excluding tert-OH is 1. The second kappa shape index (κ2) is 20.1. The summed E-state index contributed by atoms with van der Waals surface area (Å²) < 4.78 is 16.7. The van der Waals surface area contributed by atoms with Gasteiger partial charge in [-0.25, -0.2) is 14.4 Å². The van der Waals surface area contributed by atoms with Gasteiger partial charge in [-0.05, 0) is 121 Å². The zero-order chi connectivity index (χ0) is 41.2. The summed E-state index contributed by atoms with van der Waals surface area (Å²) in [6.45, 7) is 11.4. The number of hydrogen-bond donors (Lipinski definition) is 6. The van der Waals surface area contributed by atoms with Crippen molar-refractivity contribution in [1.29, 1.82) is 0 Å². The van der Waals surface area contributed by atoms with Crippen molar-refractivity contribution >= 4 is 35.9 Å². The molecule has 5 rings (SSSR count). The third-order valence-electron chi connectivity index (χ3n) is 10.8. The van der Waals surface area contributed by atoms with Gasteiger partial charge in [0.1, 0.15) is 42.5 Å². The van der Waals surface area contributed by atoms with E-state index in [1.807, 2.05) is 30.3 Å². The number of carbonyl (C=O) groups is 6. The van der Waals surface area contributed by atoms with Gasteiger partial charge in [0, 0.05) is 6.54 Å². The molecule has 1 aromatic carbocycles. The highest BCUT2D eigenvalue weighted by atomic mass is 16.6. The number of carbonyl (C=O) groups excluding carboxylic acids is 6. The number of rotatable bonds is 18. The van der Waals surface area contributed by atoms with E-state index in [1.165, 1.54) is 20.3 Å². The average Bonchev–Trinajstić information content (AvgIpc) is 3.11. The summed E-state index contributed by atoms with van der Waals surface area (Å²) in [6.07, 6.45) is 4.40. The summed E-state index contributed by atoms with van der Waals surface area (Å²) in [7, 11) is 0. The first kappa shape index (κ1) is 44.3. The van der Waals surface area contributed by atoms with Gasteiger partial charge in [0.15, 0.2) is 0 Å². The first-order chi connectivity index (χ1) is 26.4. The Kier molecular flexibility index (Phi) is 15.9. The van der Waals surface area contributed by atoms with Gasteiger partial charge in [-0.2, -0.15) is 0 Å². The predicted molar refractivity (Wildman–Crippen MR) is 207 cm³/mol. The fourth-order valence-corrected chi connectivity index (χ4v) is 8.25. The first-order valence-corrected chi connectivity index (χ1v) is 20.1. The van der Waals surface area contributed by atoms with Gasteiger partial charge in [0.05, 0.1) is 6.10 Å². The van der Waals surface area contributed by atoms with E-state index in [9.17, 15) is 33.9 Å². The normalized spacial score (nSPS) is 23.8. The van der Waals surface area contributed by atoms with Crippen LogP contribution >= 0.6 is 0 Å². The van der Waals surface area contributed by atoms with E-state index in [2.05, 4.69) is 26.6 Å². The van der Waals surface area contributed by atoms with Crippen molar-refractivity contribution in [1.82, 2.24) is 26.6 Å². The molecule has 0 aliphatic heterocycles. The molecule has 0 aromatic heterocycles. The second-order valence-electron chi connectivity index (χ2n) is 17.2. The van der Waals surface area contributed by atoms with Crippen LogP contribution in [-0.2, 0) is 40.0 Å². The molecule has 4 fully saturated rings. The molecule has 1 aromatic rings. The molecule has 15 nitrogen and oxygen atoms in total. The Bertz CT molecular complexity index is 1490. The number of aliphatic hydroxyl groups is 1. The number of unbranched alkanes of at least 4 members (excludes halogenated alkanes) is 1. The Morgan fingerprint density at radius 3 is 1.91 bits per heavy atom. The molecule has 0 radical (unpaired) electrons. The number of alkyl carbamates (subject to hydrolysis) is 2. The predicted octanol–water partition coefficient (Wildman–Crippen LogP) is 3.86. The number of ether oxygens (including phenoxy) is 3. The van der Waals surface area contributed by atoms with E-state index in [0.29, 0.717) is 31.2 Å². The largest absolute Gasteiger partial charge is 0.459 e. The maximum absolute atomic E-state index is 13.7. The lowest BCUT2D eigenvalue weighted by Gasteiger charge is -2.53. The minimum atomic E-state index is -1.48. The first-order valence-electron chi connectivity index (χ1n) is 20.1. The van der Waals surface area contributed by atoms with Crippen LogP contribution < -0.4 is 26.6 Å². The van der Waals surface area contributed by atoms with Crippen LogP contribution in [0.3, 0.4) is 0 Å². The molecule has 4 saturated carbocycles. The Morgan fingerprint density at radius 1 is 0.750 bits per heavy atom. The van der Waals surface area contributed by atoms with Crippen LogP contribution in [0.15, 0.2) is 30.3 Å². The molecule has 15 heteroatoms. The van der Waals surface area contributed by atoms with Crippen LogP contribution in [0, 0.1) is 29.6 Å². The van der Waals surface area contributed by atoms with Gasteiger partial charge >= 0.3 is 18.2 Å². The number of benzene rings is 1. The molecule has 312 valence electrons. The van der Waals surface area contributed by atoms with E-state index in [0.717, 1.165) is 43.1 Å². The number of esters is 1. The van der Waals surface area contributed by atoms with Crippen molar-refractivity contribution in [2.45, 2.75) is 148 Å². The molecule has 6 N–H and O–H groups in total. The van der Waals surface area contributed by atoms with Crippen LogP contribution in [0.5, 0.6) is 0 Å². The third-order valence-corrected chi connectivity index (χ3v) is 10.8. The molecule has 0 unspecified atom stereocenters. The van der Waals surface area contributed by atoms with E-state index >= 15 is 0 Å². The molecular formula is C41H63N5O10. The number of amides is 5. The SMILES string of the molecule is CC(C)[C@H](NC(=O)[C@@H](NC(=O)[C@H](C)NC(=O)OC(C)(C)C)[C@@H](C)O)C(=O)N[C@@H](CCCCNC(=O)OC1C2CC3CC(C2)CC1C3)C(=O)OCc1ccccc1. The molecule has 0 spiro atoms. The fourth-order valence-electron chi connectivity index (χ4n) is 8.25. The van der Waals surface area contributed by atoms with Gasteiger partial charge in [-0.3, -0.25) is 14.4 Å². The Labute approximate surface area is 330 Å². The van der Waals surface area contributed by atoms with Crippen LogP contribution in [0.25, 0.3) is 0 Å². The van der Waals surface area contributed by atoms with Crippen molar-refractivity contribution in [2.75, 3.05) is 6.54 Å². The molecular weight excluding hydrogens is 722 g/mol. The molecule has 56 heavy (non-hydrogen) atoms. The highest BCUT2D eigenvalue weighted by Gasteiger charge is 2.50. The van der Waals surface area contributed by atoms with E-state index in [-0.39, 0.29) is 19.1 Å². The monoisotopic (exact) mass is 785 g/mol. The maximum atomic E-state index is 13.7. The molecule has 0 saturated heterocycles. The molecule has 4 aliphatic rings. The zero-order valence-corrected chi connectivity index (χ0v) is 33.9. The molecule has 5 atom stereocenters. The summed E-state index contributed by atoms with van der Waals surface area (Å²) >= 11 is 0. The minimum Gasteiger partial charge on any atom is -0.459 e. The van der Waals surface area contributed by atoms with Crippen molar-refractivity contribution in [3.8, 4) is 0 Å². The van der Waals surface area contributed by atoms with Gasteiger partial charge in [0.2, 0.25) is 17.7 Å². The smallest absolute Gasteiger partial charge is 0.408 e. The minimum absolute atomic E-state index is 0.00852. The highest BCUT2D eigenvalue weighted by Crippen LogP contribution is 2.54. The quantitative estimate of drug-likeness (QED) is 0.0719. The van der Waals surface area contributed by atoms with Crippen molar-refractivity contribution in [2.24, 2.45) is 29.6 Å². The van der Waals surface area contributed by atoms with Crippen LogP contribution in [-0.4, -0.2) is 89.5 Å². The van der Waals surface area contributed by atoms with Gasteiger partial charge in [-0.1, -0.05) is 44.2 Å². The van der Waals surface area contributed by atoms with Crippen molar-refractivity contribution in [3.05, 3.63) is 35.9 Å².